The van der Waals surface area contributed by atoms with Crippen LogP contribution in [0.3, 0.4) is 0 Å². The summed E-state index contributed by atoms with van der Waals surface area (Å²) in [6.45, 7) is 9.42. The fourth-order valence-electron chi connectivity index (χ4n) is 2.57. The van der Waals surface area contributed by atoms with E-state index < -0.39 is 0 Å². The molecule has 0 saturated carbocycles. The van der Waals surface area contributed by atoms with Crippen LogP contribution in [0.25, 0.3) is 0 Å². The smallest absolute Gasteiger partial charge is 0.0558 e. The third-order valence-electron chi connectivity index (χ3n) is 3.56. The molecule has 2 saturated heterocycles. The Balaban J connectivity index is 0.00000128. The van der Waals surface area contributed by atoms with Gasteiger partial charge in [-0.05, 0) is 25.4 Å². The zero-order valence-corrected chi connectivity index (χ0v) is 11.9. The molecule has 0 aromatic carbocycles. The molecule has 2 fully saturated rings. The summed E-state index contributed by atoms with van der Waals surface area (Å²) in [5, 5.41) is 12.3. The lowest BCUT2D eigenvalue weighted by Gasteiger charge is -2.35. The Bertz CT molecular complexity index is 184. The van der Waals surface area contributed by atoms with Crippen molar-refractivity contribution in [3.63, 3.8) is 0 Å². The SMILES string of the molecule is Cl.Cl.OCCN1CCN(CC2CCNC2)CC1. The van der Waals surface area contributed by atoms with E-state index in [2.05, 4.69) is 15.1 Å². The molecule has 2 aliphatic heterocycles. The number of rotatable bonds is 4. The first kappa shape index (κ1) is 17.4. The number of aliphatic hydroxyl groups is 1. The van der Waals surface area contributed by atoms with Crippen LogP contribution in [0.1, 0.15) is 6.42 Å². The van der Waals surface area contributed by atoms with Gasteiger partial charge in [0.2, 0.25) is 0 Å². The van der Waals surface area contributed by atoms with Gasteiger partial charge in [0, 0.05) is 39.3 Å². The zero-order valence-electron chi connectivity index (χ0n) is 10.3. The highest BCUT2D eigenvalue weighted by Crippen LogP contribution is 2.11. The number of hydrogen-bond donors (Lipinski definition) is 2. The van der Waals surface area contributed by atoms with Crippen LogP contribution in [0.15, 0.2) is 0 Å². The van der Waals surface area contributed by atoms with Gasteiger partial charge in [-0.3, -0.25) is 4.90 Å². The van der Waals surface area contributed by atoms with E-state index in [1.54, 1.807) is 0 Å². The fraction of sp³-hybridized carbons (Fsp3) is 1.00. The molecule has 0 spiro atoms. The van der Waals surface area contributed by atoms with Crippen LogP contribution in [0.4, 0.5) is 0 Å². The zero-order chi connectivity index (χ0) is 10.5. The van der Waals surface area contributed by atoms with Gasteiger partial charge in [0.1, 0.15) is 0 Å². The molecule has 0 bridgehead atoms. The van der Waals surface area contributed by atoms with Crippen molar-refractivity contribution in [1.82, 2.24) is 15.1 Å². The van der Waals surface area contributed by atoms with Crippen LogP contribution in [-0.4, -0.2) is 73.9 Å². The van der Waals surface area contributed by atoms with Crippen molar-refractivity contribution in [3.05, 3.63) is 0 Å². The first-order valence-electron chi connectivity index (χ1n) is 6.15. The summed E-state index contributed by atoms with van der Waals surface area (Å²) >= 11 is 0. The molecule has 0 radical (unpaired) electrons. The predicted molar refractivity (Wildman–Crippen MR) is 75.4 cm³/mol. The summed E-state index contributed by atoms with van der Waals surface area (Å²) in [7, 11) is 0. The number of piperazine rings is 1. The van der Waals surface area contributed by atoms with E-state index in [0.717, 1.165) is 25.6 Å². The highest BCUT2D eigenvalue weighted by atomic mass is 35.5. The minimum Gasteiger partial charge on any atom is -0.395 e. The largest absolute Gasteiger partial charge is 0.395 e. The molecule has 1 unspecified atom stereocenters. The van der Waals surface area contributed by atoms with E-state index in [1.165, 1.54) is 39.1 Å². The number of aliphatic hydroxyl groups excluding tert-OH is 1. The lowest BCUT2D eigenvalue weighted by atomic mass is 10.1. The Morgan fingerprint density at radius 2 is 1.71 bits per heavy atom. The van der Waals surface area contributed by atoms with Gasteiger partial charge in [-0.25, -0.2) is 0 Å². The second-order valence-corrected chi connectivity index (χ2v) is 4.72. The van der Waals surface area contributed by atoms with Gasteiger partial charge in [-0.15, -0.1) is 24.8 Å². The quantitative estimate of drug-likeness (QED) is 0.766. The summed E-state index contributed by atoms with van der Waals surface area (Å²) in [5.74, 6) is 0.870. The summed E-state index contributed by atoms with van der Waals surface area (Å²) in [5.41, 5.74) is 0. The normalized spacial score (nSPS) is 26.3. The highest BCUT2D eigenvalue weighted by Gasteiger charge is 2.21. The first-order chi connectivity index (χ1) is 7.38. The Morgan fingerprint density at radius 3 is 2.24 bits per heavy atom. The molecule has 0 aromatic heterocycles. The van der Waals surface area contributed by atoms with Crippen molar-refractivity contribution in [2.24, 2.45) is 5.92 Å². The lowest BCUT2D eigenvalue weighted by Crippen LogP contribution is -2.48. The maximum absolute atomic E-state index is 8.85. The Labute approximate surface area is 117 Å². The van der Waals surface area contributed by atoms with Gasteiger partial charge >= 0.3 is 0 Å². The predicted octanol–water partition coefficient (Wildman–Crippen LogP) is 0.0494. The van der Waals surface area contributed by atoms with Crippen molar-refractivity contribution >= 4 is 24.8 Å². The first-order valence-corrected chi connectivity index (χ1v) is 6.15. The molecule has 104 valence electrons. The molecule has 0 aromatic rings. The standard InChI is InChI=1S/C11H23N3O.2ClH/c15-8-7-13-3-5-14(6-4-13)10-11-1-2-12-9-11;;/h11-12,15H,1-10H2;2*1H. The molecule has 6 heteroatoms. The second-order valence-electron chi connectivity index (χ2n) is 4.72. The Morgan fingerprint density at radius 1 is 1.06 bits per heavy atom. The summed E-state index contributed by atoms with van der Waals surface area (Å²) < 4.78 is 0. The lowest BCUT2D eigenvalue weighted by molar-refractivity contribution is 0.103. The van der Waals surface area contributed by atoms with Crippen molar-refractivity contribution < 1.29 is 5.11 Å². The molecular weight excluding hydrogens is 261 g/mol. The fourth-order valence-corrected chi connectivity index (χ4v) is 2.57. The third-order valence-corrected chi connectivity index (χ3v) is 3.56. The van der Waals surface area contributed by atoms with E-state index in [1.807, 2.05) is 0 Å². The van der Waals surface area contributed by atoms with Crippen molar-refractivity contribution in [2.45, 2.75) is 6.42 Å². The molecule has 2 rings (SSSR count). The summed E-state index contributed by atoms with van der Waals surface area (Å²) in [4.78, 5) is 4.93. The van der Waals surface area contributed by atoms with E-state index in [-0.39, 0.29) is 24.8 Å². The van der Waals surface area contributed by atoms with E-state index in [0.29, 0.717) is 6.61 Å². The Kier molecular flexibility index (Phi) is 9.59. The van der Waals surface area contributed by atoms with Gasteiger partial charge in [-0.1, -0.05) is 0 Å². The van der Waals surface area contributed by atoms with Gasteiger partial charge < -0.3 is 15.3 Å². The molecule has 2 N–H and O–H groups in total. The average Bonchev–Trinajstić information content (AvgIpc) is 2.74. The van der Waals surface area contributed by atoms with Gasteiger partial charge in [0.15, 0.2) is 0 Å². The van der Waals surface area contributed by atoms with E-state index in [4.69, 9.17) is 5.11 Å². The van der Waals surface area contributed by atoms with Gasteiger partial charge in [0.05, 0.1) is 6.61 Å². The minimum atomic E-state index is 0. The third kappa shape index (κ3) is 5.73. The van der Waals surface area contributed by atoms with Crippen LogP contribution in [0, 0.1) is 5.92 Å². The molecular formula is C11H25Cl2N3O. The van der Waals surface area contributed by atoms with E-state index >= 15 is 0 Å². The topological polar surface area (TPSA) is 38.7 Å². The minimum absolute atomic E-state index is 0. The van der Waals surface area contributed by atoms with Crippen LogP contribution in [0.2, 0.25) is 0 Å². The maximum atomic E-state index is 8.85. The maximum Gasteiger partial charge on any atom is 0.0558 e. The number of nitrogens with zero attached hydrogens (tertiary/aromatic N) is 2. The summed E-state index contributed by atoms with van der Waals surface area (Å²) in [6, 6.07) is 0. The average molecular weight is 286 g/mol. The van der Waals surface area contributed by atoms with E-state index in [9.17, 15) is 0 Å². The molecule has 17 heavy (non-hydrogen) atoms. The molecule has 0 aliphatic carbocycles. The molecule has 4 nitrogen and oxygen atoms in total. The van der Waals surface area contributed by atoms with Gasteiger partial charge in [-0.2, -0.15) is 0 Å². The summed E-state index contributed by atoms with van der Waals surface area (Å²) in [6.07, 6.45) is 1.34. The second kappa shape index (κ2) is 9.36. The van der Waals surface area contributed by atoms with Crippen LogP contribution < -0.4 is 5.32 Å². The van der Waals surface area contributed by atoms with Crippen LogP contribution in [-0.2, 0) is 0 Å². The number of β-amino-alcohol motifs (C(OH)–C–C–N with tert-alkyl or cyclic N) is 1. The van der Waals surface area contributed by atoms with Crippen LogP contribution in [0.5, 0.6) is 0 Å². The number of halogens is 2. The molecule has 1 atom stereocenters. The monoisotopic (exact) mass is 285 g/mol. The van der Waals surface area contributed by atoms with Crippen molar-refractivity contribution in [3.8, 4) is 0 Å². The molecule has 2 heterocycles. The number of nitrogens with one attached hydrogen (secondary N) is 1. The number of hydrogen-bond acceptors (Lipinski definition) is 4. The van der Waals surface area contributed by atoms with Crippen molar-refractivity contribution in [2.75, 3.05) is 59.0 Å². The molecule has 2 aliphatic rings. The van der Waals surface area contributed by atoms with Gasteiger partial charge in [0.25, 0.3) is 0 Å². The van der Waals surface area contributed by atoms with Crippen LogP contribution >= 0.6 is 24.8 Å². The highest BCUT2D eigenvalue weighted by molar-refractivity contribution is 5.85. The Hall–Kier alpha value is 0.420. The molecule has 0 amide bonds. The van der Waals surface area contributed by atoms with Crippen molar-refractivity contribution in [1.29, 1.82) is 0 Å².